The summed E-state index contributed by atoms with van der Waals surface area (Å²) < 4.78 is 19.8. The van der Waals surface area contributed by atoms with E-state index in [4.69, 9.17) is 4.74 Å². The molecule has 2 saturated heterocycles. The summed E-state index contributed by atoms with van der Waals surface area (Å²) in [7, 11) is 0. The minimum absolute atomic E-state index is 0.0584. The third-order valence-corrected chi connectivity index (χ3v) is 4.76. The number of aromatic amines is 1. The lowest BCUT2D eigenvalue weighted by Gasteiger charge is -2.34. The predicted octanol–water partition coefficient (Wildman–Crippen LogP) is 1.43. The number of anilines is 1. The smallest absolute Gasteiger partial charge is 0.244 e. The minimum Gasteiger partial charge on any atom is -0.367 e. The molecule has 4 rings (SSSR count). The molecule has 0 spiro atoms. The second-order valence-corrected chi connectivity index (χ2v) is 6.38. The van der Waals surface area contributed by atoms with Gasteiger partial charge in [-0.2, -0.15) is 5.10 Å². The SMILES string of the molecule is Cc1nc([C@H]2CN([C@@H]3CCN(c4ccccc4F)C3=O)CCO2)n[nH]1. The first-order valence-corrected chi connectivity index (χ1v) is 8.44. The summed E-state index contributed by atoms with van der Waals surface area (Å²) in [5.74, 6) is 0.918. The van der Waals surface area contributed by atoms with Crippen molar-refractivity contribution in [1.82, 2.24) is 20.1 Å². The number of nitrogens with zero attached hydrogens (tertiary/aromatic N) is 4. The highest BCUT2D eigenvalue weighted by molar-refractivity contribution is 5.99. The third-order valence-electron chi connectivity index (χ3n) is 4.76. The zero-order valence-electron chi connectivity index (χ0n) is 14.0. The Balaban J connectivity index is 1.49. The van der Waals surface area contributed by atoms with Gasteiger partial charge in [-0.3, -0.25) is 14.8 Å². The summed E-state index contributed by atoms with van der Waals surface area (Å²) >= 11 is 0. The van der Waals surface area contributed by atoms with Crippen LogP contribution in [-0.2, 0) is 9.53 Å². The lowest BCUT2D eigenvalue weighted by atomic mass is 10.1. The van der Waals surface area contributed by atoms with E-state index >= 15 is 0 Å². The highest BCUT2D eigenvalue weighted by Crippen LogP contribution is 2.29. The van der Waals surface area contributed by atoms with E-state index in [0.717, 1.165) is 5.82 Å². The average Bonchev–Trinajstić information content (AvgIpc) is 3.22. The molecule has 2 aliphatic rings. The fourth-order valence-electron chi connectivity index (χ4n) is 3.53. The molecule has 8 heteroatoms. The van der Waals surface area contributed by atoms with Crippen molar-refractivity contribution in [3.63, 3.8) is 0 Å². The zero-order valence-corrected chi connectivity index (χ0v) is 14.0. The van der Waals surface area contributed by atoms with Crippen molar-refractivity contribution in [1.29, 1.82) is 0 Å². The van der Waals surface area contributed by atoms with Crippen LogP contribution in [0.25, 0.3) is 0 Å². The van der Waals surface area contributed by atoms with Crippen LogP contribution >= 0.6 is 0 Å². The molecule has 1 amide bonds. The molecule has 1 aromatic carbocycles. The Morgan fingerprint density at radius 3 is 2.92 bits per heavy atom. The fraction of sp³-hybridized carbons (Fsp3) is 0.471. The third kappa shape index (κ3) is 3.03. The number of carbonyl (C=O) groups excluding carboxylic acids is 1. The van der Waals surface area contributed by atoms with E-state index in [1.165, 1.54) is 6.07 Å². The number of nitrogens with one attached hydrogen (secondary N) is 1. The number of para-hydroxylation sites is 1. The molecular weight excluding hydrogens is 325 g/mol. The van der Waals surface area contributed by atoms with Gasteiger partial charge in [-0.05, 0) is 25.5 Å². The summed E-state index contributed by atoms with van der Waals surface area (Å²) in [6, 6.07) is 6.14. The van der Waals surface area contributed by atoms with Gasteiger partial charge in [-0.25, -0.2) is 9.37 Å². The molecule has 132 valence electrons. The number of H-pyrrole nitrogens is 1. The van der Waals surface area contributed by atoms with Crippen molar-refractivity contribution < 1.29 is 13.9 Å². The van der Waals surface area contributed by atoms with E-state index in [1.54, 1.807) is 23.1 Å². The van der Waals surface area contributed by atoms with Crippen molar-refractivity contribution in [2.45, 2.75) is 25.5 Å². The van der Waals surface area contributed by atoms with Gasteiger partial charge in [0.05, 0.1) is 18.3 Å². The topological polar surface area (TPSA) is 74.3 Å². The molecule has 2 aromatic rings. The van der Waals surface area contributed by atoms with Gasteiger partial charge in [0.15, 0.2) is 5.82 Å². The first kappa shape index (κ1) is 16.2. The average molecular weight is 345 g/mol. The molecule has 2 atom stereocenters. The largest absolute Gasteiger partial charge is 0.367 e. The molecule has 0 saturated carbocycles. The number of aryl methyl sites for hydroxylation is 1. The van der Waals surface area contributed by atoms with Crippen LogP contribution in [0, 0.1) is 12.7 Å². The zero-order chi connectivity index (χ0) is 17.4. The fourth-order valence-corrected chi connectivity index (χ4v) is 3.53. The number of aromatic nitrogens is 3. The molecule has 1 N–H and O–H groups in total. The van der Waals surface area contributed by atoms with Crippen LogP contribution in [-0.4, -0.2) is 58.3 Å². The number of hydrogen-bond acceptors (Lipinski definition) is 5. The van der Waals surface area contributed by atoms with Gasteiger partial charge in [0.25, 0.3) is 0 Å². The molecular formula is C17H20FN5O2. The maximum atomic E-state index is 14.0. The molecule has 7 nitrogen and oxygen atoms in total. The number of benzene rings is 1. The van der Waals surface area contributed by atoms with Crippen LogP contribution in [0.2, 0.25) is 0 Å². The summed E-state index contributed by atoms with van der Waals surface area (Å²) in [5.41, 5.74) is 0.351. The second kappa shape index (κ2) is 6.53. The number of ether oxygens (including phenoxy) is 1. The Morgan fingerprint density at radius 1 is 1.32 bits per heavy atom. The Labute approximate surface area is 144 Å². The van der Waals surface area contributed by atoms with Gasteiger partial charge in [-0.1, -0.05) is 12.1 Å². The lowest BCUT2D eigenvalue weighted by Crippen LogP contribution is -2.48. The van der Waals surface area contributed by atoms with Crippen LogP contribution in [0.1, 0.15) is 24.2 Å². The molecule has 0 radical (unpaired) electrons. The summed E-state index contributed by atoms with van der Waals surface area (Å²) in [5, 5.41) is 6.98. The first-order chi connectivity index (χ1) is 12.1. The number of halogens is 1. The van der Waals surface area contributed by atoms with Gasteiger partial charge in [-0.15, -0.1) is 0 Å². The Kier molecular flexibility index (Phi) is 4.22. The highest BCUT2D eigenvalue weighted by atomic mass is 19.1. The van der Waals surface area contributed by atoms with Gasteiger partial charge >= 0.3 is 0 Å². The van der Waals surface area contributed by atoms with E-state index in [1.807, 2.05) is 6.92 Å². The number of morpholine rings is 1. The Bertz CT molecular complexity index is 780. The molecule has 2 fully saturated rings. The minimum atomic E-state index is -0.368. The molecule has 0 bridgehead atoms. The molecule has 0 aliphatic carbocycles. The van der Waals surface area contributed by atoms with E-state index < -0.39 is 0 Å². The first-order valence-electron chi connectivity index (χ1n) is 8.44. The van der Waals surface area contributed by atoms with Gasteiger partial charge in [0.2, 0.25) is 5.91 Å². The molecule has 3 heterocycles. The van der Waals surface area contributed by atoms with Crippen molar-refractivity contribution in [2.24, 2.45) is 0 Å². The van der Waals surface area contributed by atoms with Crippen LogP contribution in [0.15, 0.2) is 24.3 Å². The Morgan fingerprint density at radius 2 is 2.16 bits per heavy atom. The predicted molar refractivity (Wildman–Crippen MR) is 88.5 cm³/mol. The number of carbonyl (C=O) groups is 1. The van der Waals surface area contributed by atoms with Crippen molar-refractivity contribution in [3.05, 3.63) is 41.7 Å². The lowest BCUT2D eigenvalue weighted by molar-refractivity contribution is -0.125. The second-order valence-electron chi connectivity index (χ2n) is 6.38. The van der Waals surface area contributed by atoms with Crippen molar-refractivity contribution >= 4 is 11.6 Å². The van der Waals surface area contributed by atoms with Gasteiger partial charge in [0, 0.05) is 19.6 Å². The Hall–Kier alpha value is -2.32. The molecule has 0 unspecified atom stereocenters. The van der Waals surface area contributed by atoms with E-state index in [2.05, 4.69) is 20.1 Å². The summed E-state index contributed by atoms with van der Waals surface area (Å²) in [6.07, 6.45) is 0.418. The van der Waals surface area contributed by atoms with Crippen LogP contribution < -0.4 is 4.90 Å². The van der Waals surface area contributed by atoms with Crippen molar-refractivity contribution in [3.8, 4) is 0 Å². The molecule has 25 heavy (non-hydrogen) atoms. The van der Waals surface area contributed by atoms with Gasteiger partial charge < -0.3 is 9.64 Å². The monoisotopic (exact) mass is 345 g/mol. The van der Waals surface area contributed by atoms with E-state index in [9.17, 15) is 9.18 Å². The maximum absolute atomic E-state index is 14.0. The van der Waals surface area contributed by atoms with E-state index in [0.29, 0.717) is 44.2 Å². The van der Waals surface area contributed by atoms with Crippen LogP contribution in [0.4, 0.5) is 10.1 Å². The number of rotatable bonds is 3. The quantitative estimate of drug-likeness (QED) is 0.911. The summed E-state index contributed by atoms with van der Waals surface area (Å²) in [4.78, 5) is 20.8. The van der Waals surface area contributed by atoms with Crippen molar-refractivity contribution in [2.75, 3.05) is 31.1 Å². The van der Waals surface area contributed by atoms with Gasteiger partial charge in [0.1, 0.15) is 17.7 Å². The molecule has 1 aromatic heterocycles. The maximum Gasteiger partial charge on any atom is 0.244 e. The normalized spacial score (nSPS) is 24.9. The van der Waals surface area contributed by atoms with Crippen LogP contribution in [0.5, 0.6) is 0 Å². The van der Waals surface area contributed by atoms with Crippen LogP contribution in [0.3, 0.4) is 0 Å². The standard InChI is InChI=1S/C17H20FN5O2/c1-11-19-16(21-20-11)15-10-22(8-9-25-15)14-6-7-23(17(14)24)13-5-3-2-4-12(13)18/h2-5,14-15H,6-10H2,1H3,(H,19,20,21)/t14-,15-/m1/s1. The number of hydrogen-bond donors (Lipinski definition) is 1. The highest BCUT2D eigenvalue weighted by Gasteiger charge is 2.40. The molecule has 2 aliphatic heterocycles. The van der Waals surface area contributed by atoms with E-state index in [-0.39, 0.29) is 23.9 Å². The number of amides is 1. The summed E-state index contributed by atoms with van der Waals surface area (Å²) in [6.45, 7) is 4.10.